The smallest absolute Gasteiger partial charge is 0.230 e. The molecular weight excluding hydrogens is 356 g/mol. The molecular formula is C21H32N4OS. The first-order chi connectivity index (χ1) is 13.1. The molecule has 1 saturated carbocycles. The second-order valence-electron chi connectivity index (χ2n) is 9.47. The summed E-state index contributed by atoms with van der Waals surface area (Å²) in [6.07, 6.45) is 9.19. The van der Waals surface area contributed by atoms with E-state index in [4.69, 9.17) is 0 Å². The van der Waals surface area contributed by atoms with Crippen molar-refractivity contribution in [3.05, 3.63) is 16.6 Å². The Hall–Kier alpha value is -0.980. The van der Waals surface area contributed by atoms with Crippen molar-refractivity contribution >= 4 is 17.2 Å². The summed E-state index contributed by atoms with van der Waals surface area (Å²) >= 11 is 1.76. The van der Waals surface area contributed by atoms with Crippen LogP contribution in [0.1, 0.15) is 43.5 Å². The van der Waals surface area contributed by atoms with Crippen LogP contribution >= 0.6 is 11.3 Å². The molecule has 1 aromatic heterocycles. The van der Waals surface area contributed by atoms with Gasteiger partial charge in [-0.2, -0.15) is 0 Å². The second kappa shape index (κ2) is 6.82. The SMILES string of the molecule is CN1C[C@H]2C3(CCN(Cc4nccs4)CC3)CC[C@@]2(C(=O)N2CCCC2)C1. The normalized spacial score (nSPS) is 33.8. The molecule has 0 unspecified atom stereocenters. The van der Waals surface area contributed by atoms with Gasteiger partial charge in [-0.15, -0.1) is 11.3 Å². The van der Waals surface area contributed by atoms with E-state index in [1.54, 1.807) is 11.3 Å². The Kier molecular flexibility index (Phi) is 4.56. The third kappa shape index (κ3) is 2.95. The van der Waals surface area contributed by atoms with Crippen LogP contribution in [-0.2, 0) is 11.3 Å². The Bertz CT molecular complexity index is 678. The van der Waals surface area contributed by atoms with Gasteiger partial charge in [-0.1, -0.05) is 0 Å². The second-order valence-corrected chi connectivity index (χ2v) is 10.4. The lowest BCUT2D eigenvalue weighted by Gasteiger charge is -2.44. The zero-order valence-electron chi connectivity index (χ0n) is 16.5. The number of amides is 1. The third-order valence-corrected chi connectivity index (χ3v) is 8.80. The van der Waals surface area contributed by atoms with Gasteiger partial charge in [-0.05, 0) is 70.0 Å². The van der Waals surface area contributed by atoms with E-state index in [0.717, 1.165) is 52.2 Å². The molecule has 2 atom stereocenters. The van der Waals surface area contributed by atoms with Crippen molar-refractivity contribution < 1.29 is 4.79 Å². The number of thiazole rings is 1. The Morgan fingerprint density at radius 3 is 2.67 bits per heavy atom. The monoisotopic (exact) mass is 388 g/mol. The zero-order valence-corrected chi connectivity index (χ0v) is 17.3. The summed E-state index contributed by atoms with van der Waals surface area (Å²) in [7, 11) is 2.22. The quantitative estimate of drug-likeness (QED) is 0.798. The van der Waals surface area contributed by atoms with E-state index >= 15 is 0 Å². The highest BCUT2D eigenvalue weighted by Gasteiger charge is 2.64. The maximum absolute atomic E-state index is 13.6. The minimum atomic E-state index is -0.0867. The Morgan fingerprint density at radius 2 is 1.96 bits per heavy atom. The van der Waals surface area contributed by atoms with Crippen LogP contribution in [0.4, 0.5) is 0 Å². The van der Waals surface area contributed by atoms with Crippen molar-refractivity contribution in [3.8, 4) is 0 Å². The highest BCUT2D eigenvalue weighted by atomic mass is 32.1. The fourth-order valence-electron chi connectivity index (χ4n) is 6.66. The lowest BCUT2D eigenvalue weighted by Crippen LogP contribution is -2.49. The molecule has 1 aliphatic carbocycles. The molecule has 4 aliphatic rings. The highest BCUT2D eigenvalue weighted by molar-refractivity contribution is 7.09. The topological polar surface area (TPSA) is 39.7 Å². The molecule has 0 N–H and O–H groups in total. The van der Waals surface area contributed by atoms with Crippen molar-refractivity contribution in [2.24, 2.45) is 16.7 Å². The lowest BCUT2D eigenvalue weighted by molar-refractivity contribution is -0.142. The summed E-state index contributed by atoms with van der Waals surface area (Å²) in [5.74, 6) is 1.06. The van der Waals surface area contributed by atoms with Crippen LogP contribution in [0.25, 0.3) is 0 Å². The fraction of sp³-hybridized carbons (Fsp3) is 0.810. The van der Waals surface area contributed by atoms with E-state index in [0.29, 0.717) is 17.2 Å². The van der Waals surface area contributed by atoms with E-state index in [1.807, 2.05) is 6.20 Å². The summed E-state index contributed by atoms with van der Waals surface area (Å²) in [6.45, 7) is 7.40. The molecule has 1 amide bonds. The number of piperidine rings is 1. The maximum Gasteiger partial charge on any atom is 0.230 e. The molecule has 4 heterocycles. The number of fused-ring (bicyclic) bond motifs is 2. The highest BCUT2D eigenvalue weighted by Crippen LogP contribution is 2.62. The zero-order chi connectivity index (χ0) is 18.5. The van der Waals surface area contributed by atoms with Crippen molar-refractivity contribution in [2.45, 2.75) is 45.1 Å². The number of likely N-dealkylation sites (tertiary alicyclic amines) is 3. The van der Waals surface area contributed by atoms with Crippen LogP contribution in [0, 0.1) is 16.7 Å². The van der Waals surface area contributed by atoms with Crippen LogP contribution in [0.5, 0.6) is 0 Å². The van der Waals surface area contributed by atoms with Gasteiger partial charge in [0.05, 0.1) is 12.0 Å². The molecule has 148 valence electrons. The van der Waals surface area contributed by atoms with Gasteiger partial charge in [0, 0.05) is 37.8 Å². The molecule has 0 bridgehead atoms. The summed E-state index contributed by atoms with van der Waals surface area (Å²) < 4.78 is 0. The molecule has 5 nitrogen and oxygen atoms in total. The molecule has 27 heavy (non-hydrogen) atoms. The number of hydrogen-bond acceptors (Lipinski definition) is 5. The molecule has 3 aliphatic heterocycles. The predicted molar refractivity (Wildman–Crippen MR) is 108 cm³/mol. The van der Waals surface area contributed by atoms with Gasteiger partial charge in [-0.3, -0.25) is 9.69 Å². The number of carbonyl (C=O) groups is 1. The lowest BCUT2D eigenvalue weighted by atomic mass is 9.65. The predicted octanol–water partition coefficient (Wildman–Crippen LogP) is 2.69. The Labute approximate surface area is 166 Å². The van der Waals surface area contributed by atoms with Gasteiger partial charge in [0.15, 0.2) is 0 Å². The van der Waals surface area contributed by atoms with Crippen molar-refractivity contribution in [3.63, 3.8) is 0 Å². The Balaban J connectivity index is 1.32. The van der Waals surface area contributed by atoms with E-state index in [-0.39, 0.29) is 5.41 Å². The maximum atomic E-state index is 13.6. The minimum absolute atomic E-state index is 0.0867. The molecule has 1 spiro atoms. The molecule has 1 aromatic rings. The van der Waals surface area contributed by atoms with E-state index in [1.165, 1.54) is 37.1 Å². The first-order valence-electron chi connectivity index (χ1n) is 10.7. The average molecular weight is 389 g/mol. The minimum Gasteiger partial charge on any atom is -0.342 e. The fourth-order valence-corrected chi connectivity index (χ4v) is 7.32. The number of aromatic nitrogens is 1. The van der Waals surface area contributed by atoms with Gasteiger partial charge in [0.25, 0.3) is 0 Å². The van der Waals surface area contributed by atoms with E-state index in [9.17, 15) is 4.79 Å². The number of nitrogens with zero attached hydrogens (tertiary/aromatic N) is 4. The molecule has 4 fully saturated rings. The number of hydrogen-bond donors (Lipinski definition) is 0. The standard InChI is InChI=1S/C21H32N4OS/c1-23-14-17-20(6-11-24(12-7-20)15-18-22-8-13-27-18)4-5-21(17,16-23)19(26)25-9-2-3-10-25/h8,13,17H,2-7,9-12,14-16H2,1H3/t17-,21+/m0/s1. The summed E-state index contributed by atoms with van der Waals surface area (Å²) in [5, 5.41) is 3.31. The number of rotatable bonds is 3. The first-order valence-corrected chi connectivity index (χ1v) is 11.6. The molecule has 5 rings (SSSR count). The largest absolute Gasteiger partial charge is 0.342 e. The van der Waals surface area contributed by atoms with Gasteiger partial charge < -0.3 is 9.80 Å². The van der Waals surface area contributed by atoms with Crippen molar-refractivity contribution in [2.75, 3.05) is 46.3 Å². The van der Waals surface area contributed by atoms with Gasteiger partial charge in [-0.25, -0.2) is 4.98 Å². The summed E-state index contributed by atoms with van der Waals surface area (Å²) in [5.41, 5.74) is 0.302. The summed E-state index contributed by atoms with van der Waals surface area (Å²) in [6, 6.07) is 0. The Morgan fingerprint density at radius 1 is 1.19 bits per heavy atom. The van der Waals surface area contributed by atoms with Crippen LogP contribution in [0.15, 0.2) is 11.6 Å². The summed E-state index contributed by atoms with van der Waals surface area (Å²) in [4.78, 5) is 25.3. The van der Waals surface area contributed by atoms with Crippen molar-refractivity contribution in [1.29, 1.82) is 0 Å². The molecule has 6 heteroatoms. The van der Waals surface area contributed by atoms with Gasteiger partial charge >= 0.3 is 0 Å². The van der Waals surface area contributed by atoms with Crippen molar-refractivity contribution in [1.82, 2.24) is 19.7 Å². The van der Waals surface area contributed by atoms with Gasteiger partial charge in [0.2, 0.25) is 5.91 Å². The van der Waals surface area contributed by atoms with Crippen LogP contribution < -0.4 is 0 Å². The molecule has 0 radical (unpaired) electrons. The number of carbonyl (C=O) groups excluding carboxylic acids is 1. The van der Waals surface area contributed by atoms with Crippen LogP contribution in [-0.4, -0.2) is 71.9 Å². The van der Waals surface area contributed by atoms with E-state index < -0.39 is 0 Å². The van der Waals surface area contributed by atoms with E-state index in [2.05, 4.69) is 32.1 Å². The van der Waals surface area contributed by atoms with Gasteiger partial charge in [0.1, 0.15) is 5.01 Å². The third-order valence-electron chi connectivity index (χ3n) is 8.03. The average Bonchev–Trinajstić information content (AvgIpc) is 3.44. The first kappa shape index (κ1) is 18.1. The van der Waals surface area contributed by atoms with Crippen LogP contribution in [0.3, 0.4) is 0 Å². The van der Waals surface area contributed by atoms with Crippen LogP contribution in [0.2, 0.25) is 0 Å². The molecule has 0 aromatic carbocycles. The molecule has 3 saturated heterocycles.